The van der Waals surface area contributed by atoms with Crippen molar-refractivity contribution in [1.29, 1.82) is 0 Å². The number of nitrogens with zero attached hydrogens (tertiary/aromatic N) is 1. The number of amides is 1. The van der Waals surface area contributed by atoms with E-state index in [0.29, 0.717) is 5.92 Å². The molecule has 1 aromatic carbocycles. The Bertz CT molecular complexity index is 470. The summed E-state index contributed by atoms with van der Waals surface area (Å²) < 4.78 is 0. The van der Waals surface area contributed by atoms with Gasteiger partial charge in [0.25, 0.3) is 5.91 Å². The van der Waals surface area contributed by atoms with Crippen LogP contribution in [0, 0.1) is 12.8 Å². The average Bonchev–Trinajstić information content (AvgIpc) is 2.89. The van der Waals surface area contributed by atoms with Crippen LogP contribution in [0.2, 0.25) is 0 Å². The number of benzene rings is 1. The largest absolute Gasteiger partial charge is 0.385 e. The van der Waals surface area contributed by atoms with Crippen molar-refractivity contribution in [2.75, 3.05) is 25.0 Å². The van der Waals surface area contributed by atoms with Crippen LogP contribution in [-0.4, -0.2) is 30.4 Å². The van der Waals surface area contributed by atoms with Crippen LogP contribution in [0.4, 0.5) is 5.69 Å². The van der Waals surface area contributed by atoms with E-state index in [1.165, 1.54) is 12.8 Å². The fourth-order valence-corrected chi connectivity index (χ4v) is 3.03. The van der Waals surface area contributed by atoms with Crippen LogP contribution >= 0.6 is 0 Å². The molecule has 0 aromatic heterocycles. The summed E-state index contributed by atoms with van der Waals surface area (Å²) in [6.45, 7) is 9.10. The van der Waals surface area contributed by atoms with E-state index in [4.69, 9.17) is 0 Å². The minimum atomic E-state index is 0.190. The SMILES string of the molecule is CCCC1CCN(C(=O)c2ccc(NCC)c(C)c2)C1. The second-order valence-electron chi connectivity index (χ2n) is 5.75. The van der Waals surface area contributed by atoms with E-state index < -0.39 is 0 Å². The van der Waals surface area contributed by atoms with Crippen LogP contribution in [0.25, 0.3) is 0 Å². The number of carbonyl (C=O) groups excluding carboxylic acids is 1. The maximum atomic E-state index is 12.5. The van der Waals surface area contributed by atoms with Crippen molar-refractivity contribution in [1.82, 2.24) is 4.90 Å². The molecule has 110 valence electrons. The molecule has 1 saturated heterocycles. The highest BCUT2D eigenvalue weighted by Crippen LogP contribution is 2.24. The monoisotopic (exact) mass is 274 g/mol. The molecule has 1 N–H and O–H groups in total. The number of carbonyl (C=O) groups is 1. The number of nitrogens with one attached hydrogen (secondary N) is 1. The summed E-state index contributed by atoms with van der Waals surface area (Å²) in [5, 5.41) is 3.31. The zero-order valence-corrected chi connectivity index (χ0v) is 12.9. The van der Waals surface area contributed by atoms with Crippen LogP contribution in [0.5, 0.6) is 0 Å². The number of likely N-dealkylation sites (tertiary alicyclic amines) is 1. The lowest BCUT2D eigenvalue weighted by Gasteiger charge is -2.17. The maximum absolute atomic E-state index is 12.5. The summed E-state index contributed by atoms with van der Waals surface area (Å²) >= 11 is 0. The molecule has 1 aliphatic rings. The first-order valence-corrected chi connectivity index (χ1v) is 7.79. The minimum absolute atomic E-state index is 0.190. The molecule has 0 saturated carbocycles. The quantitative estimate of drug-likeness (QED) is 0.888. The molecule has 20 heavy (non-hydrogen) atoms. The highest BCUT2D eigenvalue weighted by Gasteiger charge is 2.26. The van der Waals surface area contributed by atoms with Gasteiger partial charge in [-0.1, -0.05) is 13.3 Å². The van der Waals surface area contributed by atoms with Crippen LogP contribution < -0.4 is 5.32 Å². The fourth-order valence-electron chi connectivity index (χ4n) is 3.03. The van der Waals surface area contributed by atoms with Crippen molar-refractivity contribution in [3.63, 3.8) is 0 Å². The number of hydrogen-bond acceptors (Lipinski definition) is 2. The molecule has 0 spiro atoms. The normalized spacial score (nSPS) is 18.4. The van der Waals surface area contributed by atoms with E-state index in [9.17, 15) is 4.79 Å². The van der Waals surface area contributed by atoms with E-state index >= 15 is 0 Å². The van der Waals surface area contributed by atoms with Gasteiger partial charge in [-0.2, -0.15) is 0 Å². The molecule has 1 aromatic rings. The van der Waals surface area contributed by atoms with Crippen LogP contribution in [-0.2, 0) is 0 Å². The Balaban J connectivity index is 2.04. The van der Waals surface area contributed by atoms with E-state index in [-0.39, 0.29) is 5.91 Å². The number of rotatable bonds is 5. The molecule has 0 radical (unpaired) electrons. The van der Waals surface area contributed by atoms with Crippen molar-refractivity contribution in [3.8, 4) is 0 Å². The molecule has 1 unspecified atom stereocenters. The van der Waals surface area contributed by atoms with Gasteiger partial charge in [-0.25, -0.2) is 0 Å². The second-order valence-corrected chi connectivity index (χ2v) is 5.75. The molecule has 1 fully saturated rings. The summed E-state index contributed by atoms with van der Waals surface area (Å²) in [5.41, 5.74) is 3.08. The van der Waals surface area contributed by atoms with Crippen molar-refractivity contribution >= 4 is 11.6 Å². The zero-order valence-electron chi connectivity index (χ0n) is 12.9. The predicted molar refractivity (Wildman–Crippen MR) is 84.3 cm³/mol. The van der Waals surface area contributed by atoms with E-state index in [0.717, 1.165) is 42.9 Å². The average molecular weight is 274 g/mol. The Hall–Kier alpha value is -1.51. The number of hydrogen-bond donors (Lipinski definition) is 1. The van der Waals surface area contributed by atoms with Crippen LogP contribution in [0.3, 0.4) is 0 Å². The van der Waals surface area contributed by atoms with E-state index in [1.807, 2.05) is 23.1 Å². The van der Waals surface area contributed by atoms with Crippen molar-refractivity contribution in [2.45, 2.75) is 40.0 Å². The molecule has 3 nitrogen and oxygen atoms in total. The molecule has 1 aliphatic heterocycles. The zero-order chi connectivity index (χ0) is 14.5. The van der Waals surface area contributed by atoms with Crippen molar-refractivity contribution in [2.24, 2.45) is 5.92 Å². The molecular formula is C17H26N2O. The molecule has 0 aliphatic carbocycles. The second kappa shape index (κ2) is 6.78. The van der Waals surface area contributed by atoms with Gasteiger partial charge in [-0.3, -0.25) is 4.79 Å². The summed E-state index contributed by atoms with van der Waals surface area (Å²) in [4.78, 5) is 14.5. The third kappa shape index (κ3) is 3.33. The van der Waals surface area contributed by atoms with Crippen molar-refractivity contribution < 1.29 is 4.79 Å². The molecule has 1 amide bonds. The molecule has 0 bridgehead atoms. The van der Waals surface area contributed by atoms with Gasteiger partial charge < -0.3 is 10.2 Å². The van der Waals surface area contributed by atoms with Crippen LogP contribution in [0.1, 0.15) is 49.0 Å². The lowest BCUT2D eigenvalue weighted by atomic mass is 10.0. The van der Waals surface area contributed by atoms with Gasteiger partial charge in [0.05, 0.1) is 0 Å². The fraction of sp³-hybridized carbons (Fsp3) is 0.588. The topological polar surface area (TPSA) is 32.3 Å². The van der Waals surface area contributed by atoms with Gasteiger partial charge in [0.1, 0.15) is 0 Å². The summed E-state index contributed by atoms with van der Waals surface area (Å²) in [5.74, 6) is 0.890. The minimum Gasteiger partial charge on any atom is -0.385 e. The standard InChI is InChI=1S/C17H26N2O/c1-4-6-14-9-10-19(12-14)17(20)15-7-8-16(18-5-2)13(3)11-15/h7-8,11,14,18H,4-6,9-10,12H2,1-3H3. The van der Waals surface area contributed by atoms with E-state index in [2.05, 4.69) is 26.1 Å². The Labute approximate surface area is 122 Å². The number of aryl methyl sites for hydroxylation is 1. The smallest absolute Gasteiger partial charge is 0.253 e. The Morgan fingerprint density at radius 1 is 1.40 bits per heavy atom. The predicted octanol–water partition coefficient (Wildman–Crippen LogP) is 3.69. The van der Waals surface area contributed by atoms with Gasteiger partial charge >= 0.3 is 0 Å². The highest BCUT2D eigenvalue weighted by atomic mass is 16.2. The first-order valence-electron chi connectivity index (χ1n) is 7.79. The maximum Gasteiger partial charge on any atom is 0.253 e. The Morgan fingerprint density at radius 3 is 2.85 bits per heavy atom. The van der Waals surface area contributed by atoms with Crippen LogP contribution in [0.15, 0.2) is 18.2 Å². The summed E-state index contributed by atoms with van der Waals surface area (Å²) in [7, 11) is 0. The summed E-state index contributed by atoms with van der Waals surface area (Å²) in [6, 6.07) is 5.97. The van der Waals surface area contributed by atoms with E-state index in [1.54, 1.807) is 0 Å². The number of anilines is 1. The van der Waals surface area contributed by atoms with Gasteiger partial charge in [0.15, 0.2) is 0 Å². The van der Waals surface area contributed by atoms with Gasteiger partial charge in [-0.05, 0) is 56.4 Å². The Kier molecular flexibility index (Phi) is 5.05. The molecular weight excluding hydrogens is 248 g/mol. The highest BCUT2D eigenvalue weighted by molar-refractivity contribution is 5.95. The summed E-state index contributed by atoms with van der Waals surface area (Å²) in [6.07, 6.45) is 3.61. The molecule has 3 heteroatoms. The molecule has 2 rings (SSSR count). The van der Waals surface area contributed by atoms with Gasteiger partial charge in [-0.15, -0.1) is 0 Å². The lowest BCUT2D eigenvalue weighted by Crippen LogP contribution is -2.28. The molecule has 1 heterocycles. The van der Waals surface area contributed by atoms with Gasteiger partial charge in [0.2, 0.25) is 0 Å². The lowest BCUT2D eigenvalue weighted by molar-refractivity contribution is 0.0786. The first-order chi connectivity index (χ1) is 9.65. The Morgan fingerprint density at radius 2 is 2.20 bits per heavy atom. The van der Waals surface area contributed by atoms with Gasteiger partial charge in [0, 0.05) is 30.9 Å². The third-order valence-corrected chi connectivity index (χ3v) is 4.11. The molecule has 1 atom stereocenters. The van der Waals surface area contributed by atoms with Crippen molar-refractivity contribution in [3.05, 3.63) is 29.3 Å². The first kappa shape index (κ1) is 14.9. The third-order valence-electron chi connectivity index (χ3n) is 4.11.